The summed E-state index contributed by atoms with van der Waals surface area (Å²) in [5.41, 5.74) is 1.40. The van der Waals surface area contributed by atoms with Crippen molar-refractivity contribution in [1.29, 1.82) is 0 Å². The highest BCUT2D eigenvalue weighted by Gasteiger charge is 2.32. The second-order valence-corrected chi connectivity index (χ2v) is 9.04. The number of rotatable bonds is 3. The number of aryl methyl sites for hydroxylation is 1. The summed E-state index contributed by atoms with van der Waals surface area (Å²) in [5.74, 6) is -1.95. The molecule has 0 bridgehead atoms. The molecule has 1 aliphatic heterocycles. The summed E-state index contributed by atoms with van der Waals surface area (Å²) in [7, 11) is -4.08. The number of hydrogen-bond donors (Lipinski definition) is 0. The number of para-hydroxylation sites is 1. The molecule has 2 heterocycles. The third kappa shape index (κ3) is 3.44. The third-order valence-corrected chi connectivity index (χ3v) is 7.27. The van der Waals surface area contributed by atoms with Gasteiger partial charge >= 0.3 is 0 Å². The quantitative estimate of drug-likeness (QED) is 0.654. The van der Waals surface area contributed by atoms with E-state index < -0.39 is 26.6 Å². The molecule has 0 spiro atoms. The topological polar surface area (TPSA) is 72.3 Å². The zero-order chi connectivity index (χ0) is 20.8. The molecule has 6 nitrogen and oxygen atoms in total. The van der Waals surface area contributed by atoms with Crippen molar-refractivity contribution in [3.05, 3.63) is 70.3 Å². The standard InChI is InChI=1S/C20H19F2N3O3S/c1-13-3-2-4-16-19(13)23-12-25(20(16)26)15-7-9-24(10-8-15)29(27,28)18-6-5-14(21)11-17(18)22/h2-6,11-12,15H,7-10H2,1H3. The highest BCUT2D eigenvalue weighted by molar-refractivity contribution is 7.89. The molecule has 0 unspecified atom stereocenters. The monoisotopic (exact) mass is 419 g/mol. The molecule has 0 saturated carbocycles. The van der Waals surface area contributed by atoms with Crippen molar-refractivity contribution in [1.82, 2.24) is 13.9 Å². The molecule has 3 aromatic rings. The van der Waals surface area contributed by atoms with Crippen molar-refractivity contribution in [3.63, 3.8) is 0 Å². The zero-order valence-electron chi connectivity index (χ0n) is 15.7. The molecule has 1 aliphatic rings. The van der Waals surface area contributed by atoms with Crippen LogP contribution >= 0.6 is 0 Å². The molecule has 9 heteroatoms. The predicted octanol–water partition coefficient (Wildman–Crippen LogP) is 3.01. The van der Waals surface area contributed by atoms with Gasteiger partial charge in [-0.25, -0.2) is 22.2 Å². The van der Waals surface area contributed by atoms with Crippen LogP contribution in [-0.2, 0) is 10.0 Å². The SMILES string of the molecule is Cc1cccc2c(=O)n(C3CCN(S(=O)(=O)c4ccc(F)cc4F)CC3)cnc12. The molecule has 0 amide bonds. The van der Waals surface area contributed by atoms with Crippen molar-refractivity contribution in [2.24, 2.45) is 0 Å². The summed E-state index contributed by atoms with van der Waals surface area (Å²) < 4.78 is 55.2. The van der Waals surface area contributed by atoms with Crippen LogP contribution in [-0.4, -0.2) is 35.4 Å². The number of benzene rings is 2. The molecule has 4 rings (SSSR count). The number of nitrogens with zero attached hydrogens (tertiary/aromatic N) is 3. The maximum Gasteiger partial charge on any atom is 0.261 e. The molecule has 0 atom stereocenters. The Bertz CT molecular complexity index is 1250. The fraction of sp³-hybridized carbons (Fsp3) is 0.300. The Morgan fingerprint density at radius 3 is 2.52 bits per heavy atom. The average molecular weight is 419 g/mol. The van der Waals surface area contributed by atoms with Crippen LogP contribution in [0.4, 0.5) is 8.78 Å². The van der Waals surface area contributed by atoms with Gasteiger partial charge in [-0.3, -0.25) is 9.36 Å². The molecule has 0 N–H and O–H groups in total. The minimum Gasteiger partial charge on any atom is -0.296 e. The number of piperidine rings is 1. The molecule has 29 heavy (non-hydrogen) atoms. The van der Waals surface area contributed by atoms with Crippen LogP contribution in [0.2, 0.25) is 0 Å². The Balaban J connectivity index is 1.58. The minimum atomic E-state index is -4.08. The van der Waals surface area contributed by atoms with Crippen molar-refractivity contribution in [2.45, 2.75) is 30.7 Å². The van der Waals surface area contributed by atoms with Crippen molar-refractivity contribution in [3.8, 4) is 0 Å². The van der Waals surface area contributed by atoms with Gasteiger partial charge in [-0.05, 0) is 43.5 Å². The summed E-state index contributed by atoms with van der Waals surface area (Å²) in [6.45, 7) is 2.14. The number of fused-ring (bicyclic) bond motifs is 1. The van der Waals surface area contributed by atoms with Gasteiger partial charge in [-0.15, -0.1) is 0 Å². The highest BCUT2D eigenvalue weighted by Crippen LogP contribution is 2.27. The van der Waals surface area contributed by atoms with Crippen LogP contribution in [0.3, 0.4) is 0 Å². The highest BCUT2D eigenvalue weighted by atomic mass is 32.2. The largest absolute Gasteiger partial charge is 0.296 e. The van der Waals surface area contributed by atoms with Crippen LogP contribution in [0.5, 0.6) is 0 Å². The fourth-order valence-corrected chi connectivity index (χ4v) is 5.27. The number of halogens is 2. The van der Waals surface area contributed by atoms with Gasteiger partial charge < -0.3 is 0 Å². The maximum absolute atomic E-state index is 14.0. The first-order valence-corrected chi connectivity index (χ1v) is 10.6. The van der Waals surface area contributed by atoms with Crippen LogP contribution in [0.15, 0.2) is 52.4 Å². The van der Waals surface area contributed by atoms with E-state index >= 15 is 0 Å². The van der Waals surface area contributed by atoms with Gasteiger partial charge in [-0.2, -0.15) is 4.31 Å². The van der Waals surface area contributed by atoms with E-state index in [1.807, 2.05) is 13.0 Å². The normalized spacial score (nSPS) is 16.4. The first-order valence-electron chi connectivity index (χ1n) is 9.20. The Morgan fingerprint density at radius 1 is 1.10 bits per heavy atom. The van der Waals surface area contributed by atoms with Gasteiger partial charge in [0.1, 0.15) is 16.5 Å². The number of hydrogen-bond acceptors (Lipinski definition) is 4. The van der Waals surface area contributed by atoms with E-state index in [0.29, 0.717) is 29.8 Å². The Morgan fingerprint density at radius 2 is 1.83 bits per heavy atom. The van der Waals surface area contributed by atoms with Crippen molar-refractivity contribution < 1.29 is 17.2 Å². The van der Waals surface area contributed by atoms with Gasteiger partial charge in [-0.1, -0.05) is 12.1 Å². The lowest BCUT2D eigenvalue weighted by molar-refractivity contribution is 0.269. The molecule has 0 aliphatic carbocycles. The lowest BCUT2D eigenvalue weighted by Crippen LogP contribution is -2.41. The van der Waals surface area contributed by atoms with Crippen LogP contribution in [0.1, 0.15) is 24.4 Å². The van der Waals surface area contributed by atoms with Crippen LogP contribution < -0.4 is 5.56 Å². The number of sulfonamides is 1. The van der Waals surface area contributed by atoms with Gasteiger partial charge in [0, 0.05) is 25.2 Å². The smallest absolute Gasteiger partial charge is 0.261 e. The van der Waals surface area contributed by atoms with Gasteiger partial charge in [0.2, 0.25) is 10.0 Å². The second-order valence-electron chi connectivity index (χ2n) is 7.14. The third-order valence-electron chi connectivity index (χ3n) is 5.34. The zero-order valence-corrected chi connectivity index (χ0v) is 16.5. The van der Waals surface area contributed by atoms with E-state index in [0.717, 1.165) is 17.7 Å². The van der Waals surface area contributed by atoms with E-state index in [4.69, 9.17) is 0 Å². The average Bonchev–Trinajstić information content (AvgIpc) is 2.69. The fourth-order valence-electron chi connectivity index (χ4n) is 3.76. The lowest BCUT2D eigenvalue weighted by Gasteiger charge is -2.32. The molecule has 152 valence electrons. The predicted molar refractivity (Wildman–Crippen MR) is 104 cm³/mol. The molecule has 0 radical (unpaired) electrons. The van der Waals surface area contributed by atoms with E-state index in [2.05, 4.69) is 4.98 Å². The maximum atomic E-state index is 14.0. The van der Waals surface area contributed by atoms with Crippen molar-refractivity contribution >= 4 is 20.9 Å². The van der Waals surface area contributed by atoms with E-state index in [1.165, 1.54) is 10.6 Å². The van der Waals surface area contributed by atoms with Crippen molar-refractivity contribution in [2.75, 3.05) is 13.1 Å². The molecule has 1 saturated heterocycles. The van der Waals surface area contributed by atoms with Crippen LogP contribution in [0.25, 0.3) is 10.9 Å². The molecule has 1 aromatic heterocycles. The summed E-state index contributed by atoms with van der Waals surface area (Å²) >= 11 is 0. The van der Waals surface area contributed by atoms with Crippen LogP contribution in [0, 0.1) is 18.6 Å². The summed E-state index contributed by atoms with van der Waals surface area (Å²) in [4.78, 5) is 16.7. The lowest BCUT2D eigenvalue weighted by atomic mass is 10.1. The first kappa shape index (κ1) is 19.7. The van der Waals surface area contributed by atoms with E-state index in [1.54, 1.807) is 16.7 Å². The van der Waals surface area contributed by atoms with E-state index in [9.17, 15) is 22.0 Å². The second kappa shape index (κ2) is 7.31. The molecular formula is C20H19F2N3O3S. The molecule has 1 fully saturated rings. The van der Waals surface area contributed by atoms with Gasteiger partial charge in [0.05, 0.1) is 17.2 Å². The Labute approximate surface area is 166 Å². The molecule has 2 aromatic carbocycles. The minimum absolute atomic E-state index is 0.127. The van der Waals surface area contributed by atoms with Gasteiger partial charge in [0.15, 0.2) is 0 Å². The number of aromatic nitrogens is 2. The Kier molecular flexibility index (Phi) is 4.95. The summed E-state index contributed by atoms with van der Waals surface area (Å²) in [6, 6.07) is 7.63. The van der Waals surface area contributed by atoms with E-state index in [-0.39, 0.29) is 24.7 Å². The van der Waals surface area contributed by atoms with Gasteiger partial charge in [0.25, 0.3) is 5.56 Å². The Hall–Kier alpha value is -2.65. The summed E-state index contributed by atoms with van der Waals surface area (Å²) in [5, 5.41) is 0.524. The molecular weight excluding hydrogens is 400 g/mol. The first-order chi connectivity index (χ1) is 13.8. The summed E-state index contributed by atoms with van der Waals surface area (Å²) in [6.07, 6.45) is 2.29.